The van der Waals surface area contributed by atoms with E-state index in [9.17, 15) is 10.1 Å². The fourth-order valence-corrected chi connectivity index (χ4v) is 2.75. The Morgan fingerprint density at radius 3 is 2.62 bits per heavy atom. The fourth-order valence-electron chi connectivity index (χ4n) is 2.14. The molecule has 0 spiro atoms. The first-order valence-corrected chi connectivity index (χ1v) is 10.5. The molecule has 0 bridgehead atoms. The summed E-state index contributed by atoms with van der Waals surface area (Å²) in [6.45, 7) is 2.54. The van der Waals surface area contributed by atoms with Crippen molar-refractivity contribution in [3.05, 3.63) is 34.9 Å². The van der Waals surface area contributed by atoms with Crippen molar-refractivity contribution in [3.8, 4) is 6.07 Å². The predicted octanol–water partition coefficient (Wildman–Crippen LogP) is 1.70. The molecule has 0 radical (unpaired) electrons. The maximum atomic E-state index is 12.5. The Hall–Kier alpha value is -2.11. The lowest BCUT2D eigenvalue weighted by Gasteiger charge is -2.24. The quantitative estimate of drug-likeness (QED) is 0.561. The summed E-state index contributed by atoms with van der Waals surface area (Å²) in [7, 11) is 1.13. The molecule has 0 aliphatic heterocycles. The van der Waals surface area contributed by atoms with Crippen LogP contribution in [0.1, 0.15) is 27.4 Å². The SMILES string of the molecule is Cc1nn(C)cc1C(=O)c1cc(C#N)n(COCCS(C)(C)C)n1. The van der Waals surface area contributed by atoms with Gasteiger partial charge in [-0.3, -0.25) is 9.48 Å². The summed E-state index contributed by atoms with van der Waals surface area (Å²) in [5, 5.41) is 17.6. The van der Waals surface area contributed by atoms with Crippen molar-refractivity contribution in [2.24, 2.45) is 7.05 Å². The molecule has 8 heteroatoms. The second-order valence-electron chi connectivity index (χ2n) is 6.49. The molecular weight excluding hydrogens is 326 g/mol. The summed E-state index contributed by atoms with van der Waals surface area (Å²) in [6.07, 6.45) is 8.32. The zero-order valence-corrected chi connectivity index (χ0v) is 15.6. The van der Waals surface area contributed by atoms with Crippen LogP contribution in [0.4, 0.5) is 0 Å². The number of hydrogen-bond acceptors (Lipinski definition) is 5. The molecule has 0 fully saturated rings. The van der Waals surface area contributed by atoms with E-state index in [1.807, 2.05) is 0 Å². The molecule has 0 saturated heterocycles. The maximum Gasteiger partial charge on any atom is 0.216 e. The van der Waals surface area contributed by atoms with E-state index in [1.54, 1.807) is 24.9 Å². The molecule has 0 atom stereocenters. The minimum atomic E-state index is -0.624. The van der Waals surface area contributed by atoms with Gasteiger partial charge in [-0.15, -0.1) is 0 Å². The topological polar surface area (TPSA) is 85.7 Å². The summed E-state index contributed by atoms with van der Waals surface area (Å²) >= 11 is 0. The van der Waals surface area contributed by atoms with Crippen molar-refractivity contribution >= 4 is 15.8 Å². The number of carbonyl (C=O) groups is 1. The number of rotatable bonds is 7. The molecule has 0 aliphatic carbocycles. The standard InChI is InChI=1S/C16H23N5O2S/c1-12-14(10-20(2)18-12)16(22)15-8-13(9-17)21(19-15)11-23-6-7-24(3,4)5/h8,10H,6-7,11H2,1-5H3. The number of ketones is 1. The van der Waals surface area contributed by atoms with Crippen molar-refractivity contribution in [2.45, 2.75) is 13.7 Å². The van der Waals surface area contributed by atoms with Crippen LogP contribution in [0.25, 0.3) is 0 Å². The van der Waals surface area contributed by atoms with Crippen molar-refractivity contribution < 1.29 is 9.53 Å². The molecule has 2 aromatic rings. The molecule has 0 aromatic carbocycles. The van der Waals surface area contributed by atoms with Gasteiger partial charge in [0.25, 0.3) is 0 Å². The van der Waals surface area contributed by atoms with Crippen LogP contribution in [-0.4, -0.2) is 56.5 Å². The van der Waals surface area contributed by atoms with E-state index in [0.717, 1.165) is 5.75 Å². The van der Waals surface area contributed by atoms with E-state index in [0.29, 0.717) is 23.6 Å². The van der Waals surface area contributed by atoms with E-state index < -0.39 is 10.0 Å². The number of carbonyl (C=O) groups excluding carboxylic acids is 1. The van der Waals surface area contributed by atoms with Crippen LogP contribution in [0, 0.1) is 18.3 Å². The van der Waals surface area contributed by atoms with Crippen LogP contribution in [0.2, 0.25) is 0 Å². The predicted molar refractivity (Wildman–Crippen MR) is 94.5 cm³/mol. The Morgan fingerprint density at radius 1 is 1.38 bits per heavy atom. The van der Waals surface area contributed by atoms with Crippen LogP contribution in [0.3, 0.4) is 0 Å². The maximum absolute atomic E-state index is 12.5. The lowest BCUT2D eigenvalue weighted by atomic mass is 10.1. The lowest BCUT2D eigenvalue weighted by molar-refractivity contribution is 0.0796. The van der Waals surface area contributed by atoms with Gasteiger partial charge in [0.2, 0.25) is 5.78 Å². The second kappa shape index (κ2) is 7.20. The van der Waals surface area contributed by atoms with E-state index in [4.69, 9.17) is 4.74 Å². The molecule has 24 heavy (non-hydrogen) atoms. The van der Waals surface area contributed by atoms with Crippen molar-refractivity contribution in [3.63, 3.8) is 0 Å². The monoisotopic (exact) mass is 349 g/mol. The minimum Gasteiger partial charge on any atom is -0.358 e. The van der Waals surface area contributed by atoms with Gasteiger partial charge in [-0.2, -0.15) is 15.5 Å². The third-order valence-corrected chi connectivity index (χ3v) is 4.83. The van der Waals surface area contributed by atoms with Crippen molar-refractivity contribution in [2.75, 3.05) is 31.1 Å². The smallest absolute Gasteiger partial charge is 0.216 e. The number of aromatic nitrogens is 4. The van der Waals surface area contributed by atoms with Crippen LogP contribution in [0.15, 0.2) is 12.3 Å². The first kappa shape index (κ1) is 18.2. The zero-order chi connectivity index (χ0) is 17.9. The Morgan fingerprint density at radius 2 is 2.08 bits per heavy atom. The van der Waals surface area contributed by atoms with Crippen LogP contribution < -0.4 is 0 Å². The van der Waals surface area contributed by atoms with Crippen molar-refractivity contribution in [1.29, 1.82) is 5.26 Å². The number of nitrogens with zero attached hydrogens (tertiary/aromatic N) is 5. The van der Waals surface area contributed by atoms with Gasteiger partial charge in [0, 0.05) is 25.1 Å². The molecule has 2 aromatic heterocycles. The third kappa shape index (κ3) is 4.46. The molecule has 7 nitrogen and oxygen atoms in total. The summed E-state index contributed by atoms with van der Waals surface area (Å²) in [5.74, 6) is 0.742. The fraction of sp³-hybridized carbons (Fsp3) is 0.500. The highest BCUT2D eigenvalue weighted by atomic mass is 32.3. The zero-order valence-electron chi connectivity index (χ0n) is 14.7. The molecule has 130 valence electrons. The lowest BCUT2D eigenvalue weighted by Crippen LogP contribution is -2.12. The van der Waals surface area contributed by atoms with Crippen LogP contribution >= 0.6 is 10.0 Å². The van der Waals surface area contributed by atoms with Gasteiger partial charge in [0.15, 0.2) is 0 Å². The number of ether oxygens (including phenoxy) is 1. The van der Waals surface area contributed by atoms with Gasteiger partial charge in [0.1, 0.15) is 24.2 Å². The third-order valence-electron chi connectivity index (χ3n) is 3.44. The summed E-state index contributed by atoms with van der Waals surface area (Å²) < 4.78 is 8.62. The highest BCUT2D eigenvalue weighted by Gasteiger charge is 2.19. The Labute approximate surface area is 143 Å². The van der Waals surface area contributed by atoms with Gasteiger partial charge in [-0.25, -0.2) is 14.7 Å². The molecular formula is C16H23N5O2S. The first-order chi connectivity index (χ1) is 11.2. The molecule has 0 N–H and O–H groups in total. The molecule has 0 unspecified atom stereocenters. The van der Waals surface area contributed by atoms with Gasteiger partial charge in [0.05, 0.1) is 17.9 Å². The Balaban J connectivity index is 2.11. The van der Waals surface area contributed by atoms with E-state index >= 15 is 0 Å². The largest absolute Gasteiger partial charge is 0.358 e. The Kier molecular flexibility index (Phi) is 5.47. The summed E-state index contributed by atoms with van der Waals surface area (Å²) in [5.41, 5.74) is 1.67. The normalized spacial score (nSPS) is 12.2. The van der Waals surface area contributed by atoms with E-state index in [-0.39, 0.29) is 18.2 Å². The highest BCUT2D eigenvalue weighted by Crippen LogP contribution is 2.33. The Bertz CT molecular complexity index is 779. The van der Waals surface area contributed by atoms with Gasteiger partial charge in [-0.1, -0.05) is 0 Å². The highest BCUT2D eigenvalue weighted by molar-refractivity contribution is 8.32. The van der Waals surface area contributed by atoms with Crippen molar-refractivity contribution in [1.82, 2.24) is 19.6 Å². The number of hydrogen-bond donors (Lipinski definition) is 0. The second-order valence-corrected chi connectivity index (χ2v) is 11.1. The average molecular weight is 349 g/mol. The van der Waals surface area contributed by atoms with E-state index in [2.05, 4.69) is 35.0 Å². The molecule has 2 heterocycles. The molecule has 2 rings (SSSR count). The van der Waals surface area contributed by atoms with E-state index in [1.165, 1.54) is 10.7 Å². The summed E-state index contributed by atoms with van der Waals surface area (Å²) in [4.78, 5) is 12.5. The number of nitriles is 1. The van der Waals surface area contributed by atoms with Crippen LogP contribution in [0.5, 0.6) is 0 Å². The average Bonchev–Trinajstić information content (AvgIpc) is 3.04. The van der Waals surface area contributed by atoms with Gasteiger partial charge < -0.3 is 4.74 Å². The first-order valence-electron chi connectivity index (χ1n) is 7.48. The van der Waals surface area contributed by atoms with Gasteiger partial charge in [-0.05, 0) is 25.7 Å². The molecule has 0 amide bonds. The molecule has 0 saturated carbocycles. The molecule has 0 aliphatic rings. The van der Waals surface area contributed by atoms with Gasteiger partial charge >= 0.3 is 0 Å². The minimum absolute atomic E-state index is 0.164. The van der Waals surface area contributed by atoms with Crippen LogP contribution in [-0.2, 0) is 18.5 Å². The number of aryl methyl sites for hydroxylation is 2. The summed E-state index contributed by atoms with van der Waals surface area (Å²) in [6, 6.07) is 3.55.